The van der Waals surface area contributed by atoms with Gasteiger partial charge in [0.05, 0.1) is 6.33 Å². The number of benzene rings is 1. The topological polar surface area (TPSA) is 17.8 Å². The van der Waals surface area contributed by atoms with Crippen LogP contribution in [0.2, 0.25) is 0 Å². The Morgan fingerprint density at radius 3 is 2.71 bits per heavy atom. The van der Waals surface area contributed by atoms with Crippen molar-refractivity contribution in [3.8, 4) is 0 Å². The fourth-order valence-corrected chi connectivity index (χ4v) is 2.55. The van der Waals surface area contributed by atoms with Gasteiger partial charge in [-0.05, 0) is 29.9 Å². The zero-order valence-corrected chi connectivity index (χ0v) is 11.1. The van der Waals surface area contributed by atoms with Crippen LogP contribution in [0.25, 0.3) is 0 Å². The van der Waals surface area contributed by atoms with Gasteiger partial charge in [-0.15, -0.1) is 23.4 Å². The van der Waals surface area contributed by atoms with Crippen molar-refractivity contribution in [1.29, 1.82) is 0 Å². The summed E-state index contributed by atoms with van der Waals surface area (Å²) in [6.07, 6.45) is 6.83. The van der Waals surface area contributed by atoms with Gasteiger partial charge in [-0.1, -0.05) is 12.1 Å². The van der Waals surface area contributed by atoms with Crippen LogP contribution in [0.5, 0.6) is 0 Å². The van der Waals surface area contributed by atoms with Gasteiger partial charge in [0, 0.05) is 29.7 Å². The van der Waals surface area contributed by atoms with Gasteiger partial charge in [0.2, 0.25) is 0 Å². The average Bonchev–Trinajstić information content (AvgIpc) is 2.88. The number of halogens is 1. The second-order valence-electron chi connectivity index (χ2n) is 3.78. The van der Waals surface area contributed by atoms with Crippen LogP contribution in [-0.4, -0.2) is 15.3 Å². The van der Waals surface area contributed by atoms with Crippen LogP contribution in [0, 0.1) is 0 Å². The number of imidazole rings is 1. The Morgan fingerprint density at radius 1 is 1.24 bits per heavy atom. The second kappa shape index (κ2) is 6.72. The van der Waals surface area contributed by atoms with Crippen LogP contribution >= 0.6 is 23.4 Å². The SMILES string of the molecule is ClCc1ccc(SCCCn2ccnc2)cc1. The Labute approximate surface area is 111 Å². The summed E-state index contributed by atoms with van der Waals surface area (Å²) in [5.74, 6) is 1.71. The molecule has 2 rings (SSSR count). The highest BCUT2D eigenvalue weighted by Gasteiger charge is 1.96. The molecular formula is C13H15ClN2S. The summed E-state index contributed by atoms with van der Waals surface area (Å²) in [6, 6.07) is 8.45. The molecule has 0 N–H and O–H groups in total. The van der Waals surface area contributed by atoms with Crippen LogP contribution in [0.15, 0.2) is 47.9 Å². The van der Waals surface area contributed by atoms with E-state index in [0.29, 0.717) is 5.88 Å². The van der Waals surface area contributed by atoms with Crippen molar-refractivity contribution in [1.82, 2.24) is 9.55 Å². The Morgan fingerprint density at radius 2 is 2.06 bits per heavy atom. The molecule has 90 valence electrons. The molecule has 2 nitrogen and oxygen atoms in total. The van der Waals surface area contributed by atoms with E-state index in [9.17, 15) is 0 Å². The molecule has 0 aliphatic carbocycles. The molecule has 0 fully saturated rings. The summed E-state index contributed by atoms with van der Waals surface area (Å²) < 4.78 is 2.11. The van der Waals surface area contributed by atoms with Gasteiger partial charge >= 0.3 is 0 Å². The van der Waals surface area contributed by atoms with Gasteiger partial charge < -0.3 is 4.57 Å². The molecule has 1 aromatic carbocycles. The molecule has 0 unspecified atom stereocenters. The van der Waals surface area contributed by atoms with Gasteiger partial charge in [-0.25, -0.2) is 4.98 Å². The van der Waals surface area contributed by atoms with Crippen LogP contribution in [0.3, 0.4) is 0 Å². The first-order chi connectivity index (χ1) is 8.38. The Bertz CT molecular complexity index is 425. The molecular weight excluding hydrogens is 252 g/mol. The third-order valence-corrected chi connectivity index (χ3v) is 3.87. The fourth-order valence-electron chi connectivity index (χ4n) is 1.53. The van der Waals surface area contributed by atoms with E-state index in [1.165, 1.54) is 10.5 Å². The van der Waals surface area contributed by atoms with E-state index in [-0.39, 0.29) is 0 Å². The number of rotatable bonds is 6. The largest absolute Gasteiger partial charge is 0.337 e. The molecule has 0 amide bonds. The van der Waals surface area contributed by atoms with Crippen molar-refractivity contribution < 1.29 is 0 Å². The van der Waals surface area contributed by atoms with Gasteiger partial charge in [-0.2, -0.15) is 0 Å². The Kier molecular flexibility index (Phi) is 4.95. The first-order valence-electron chi connectivity index (χ1n) is 5.62. The summed E-state index contributed by atoms with van der Waals surface area (Å²) in [5.41, 5.74) is 1.18. The molecule has 0 atom stereocenters. The smallest absolute Gasteiger partial charge is 0.0945 e. The minimum absolute atomic E-state index is 0.589. The lowest BCUT2D eigenvalue weighted by Gasteiger charge is -2.03. The summed E-state index contributed by atoms with van der Waals surface area (Å²) >= 11 is 7.63. The van der Waals surface area contributed by atoms with Crippen molar-refractivity contribution in [2.75, 3.05) is 5.75 Å². The Balaban J connectivity index is 1.70. The van der Waals surface area contributed by atoms with E-state index in [4.69, 9.17) is 11.6 Å². The van der Waals surface area contributed by atoms with E-state index in [1.807, 2.05) is 30.5 Å². The standard InChI is InChI=1S/C13H15ClN2S/c14-10-12-2-4-13(5-3-12)17-9-1-7-16-8-6-15-11-16/h2-6,8,11H,1,7,9-10H2. The van der Waals surface area contributed by atoms with Crippen molar-refractivity contribution in [3.63, 3.8) is 0 Å². The Hall–Kier alpha value is -0.930. The van der Waals surface area contributed by atoms with Gasteiger partial charge in [0.25, 0.3) is 0 Å². The van der Waals surface area contributed by atoms with E-state index in [1.54, 1.807) is 0 Å². The maximum Gasteiger partial charge on any atom is 0.0945 e. The number of aromatic nitrogens is 2. The first kappa shape index (κ1) is 12.5. The van der Waals surface area contributed by atoms with Crippen LogP contribution in [0.1, 0.15) is 12.0 Å². The normalized spacial score (nSPS) is 10.6. The molecule has 0 aliphatic heterocycles. The van der Waals surface area contributed by atoms with Gasteiger partial charge in [-0.3, -0.25) is 0 Å². The molecule has 0 aliphatic rings. The highest BCUT2D eigenvalue weighted by atomic mass is 35.5. The first-order valence-corrected chi connectivity index (χ1v) is 7.14. The molecule has 0 radical (unpaired) electrons. The molecule has 0 spiro atoms. The lowest BCUT2D eigenvalue weighted by molar-refractivity contribution is 0.683. The van der Waals surface area contributed by atoms with Crippen LogP contribution < -0.4 is 0 Å². The van der Waals surface area contributed by atoms with E-state index in [0.717, 1.165) is 18.7 Å². The van der Waals surface area contributed by atoms with Gasteiger partial charge in [0.15, 0.2) is 0 Å². The monoisotopic (exact) mass is 266 g/mol. The second-order valence-corrected chi connectivity index (χ2v) is 5.22. The third kappa shape index (κ3) is 4.10. The summed E-state index contributed by atoms with van der Waals surface area (Å²) in [7, 11) is 0. The zero-order valence-electron chi connectivity index (χ0n) is 9.55. The molecule has 4 heteroatoms. The highest BCUT2D eigenvalue weighted by molar-refractivity contribution is 7.99. The number of nitrogens with zero attached hydrogens (tertiary/aromatic N) is 2. The number of thioether (sulfide) groups is 1. The van der Waals surface area contributed by atoms with Crippen molar-refractivity contribution >= 4 is 23.4 Å². The number of hydrogen-bond acceptors (Lipinski definition) is 2. The molecule has 17 heavy (non-hydrogen) atoms. The molecule has 2 aromatic rings. The summed E-state index contributed by atoms with van der Waals surface area (Å²) in [4.78, 5) is 5.33. The third-order valence-electron chi connectivity index (χ3n) is 2.47. The minimum atomic E-state index is 0.589. The van der Waals surface area contributed by atoms with E-state index >= 15 is 0 Å². The zero-order chi connectivity index (χ0) is 11.9. The molecule has 0 bridgehead atoms. The molecule has 0 saturated heterocycles. The quantitative estimate of drug-likeness (QED) is 0.450. The maximum absolute atomic E-state index is 5.75. The fraction of sp³-hybridized carbons (Fsp3) is 0.308. The van der Waals surface area contributed by atoms with Crippen molar-refractivity contribution in [3.05, 3.63) is 48.5 Å². The molecule has 0 saturated carbocycles. The van der Waals surface area contributed by atoms with E-state index < -0.39 is 0 Å². The average molecular weight is 267 g/mol. The predicted molar refractivity (Wildman–Crippen MR) is 73.6 cm³/mol. The predicted octanol–water partition coefficient (Wildman–Crippen LogP) is 3.80. The minimum Gasteiger partial charge on any atom is -0.337 e. The lowest BCUT2D eigenvalue weighted by Crippen LogP contribution is -1.95. The molecule has 1 aromatic heterocycles. The van der Waals surface area contributed by atoms with Crippen molar-refractivity contribution in [2.45, 2.75) is 23.7 Å². The number of alkyl halides is 1. The van der Waals surface area contributed by atoms with Crippen LogP contribution in [0.4, 0.5) is 0 Å². The highest BCUT2D eigenvalue weighted by Crippen LogP contribution is 2.20. The maximum atomic E-state index is 5.75. The number of aryl methyl sites for hydroxylation is 1. The number of hydrogen-bond donors (Lipinski definition) is 0. The van der Waals surface area contributed by atoms with E-state index in [2.05, 4.69) is 33.8 Å². The summed E-state index contributed by atoms with van der Waals surface area (Å²) in [6.45, 7) is 1.03. The lowest BCUT2D eigenvalue weighted by atomic mass is 10.2. The van der Waals surface area contributed by atoms with Gasteiger partial charge in [0.1, 0.15) is 0 Å². The molecule has 1 heterocycles. The van der Waals surface area contributed by atoms with Crippen LogP contribution in [-0.2, 0) is 12.4 Å². The van der Waals surface area contributed by atoms with Crippen molar-refractivity contribution in [2.24, 2.45) is 0 Å². The summed E-state index contributed by atoms with van der Waals surface area (Å²) in [5, 5.41) is 0.